The van der Waals surface area contributed by atoms with Gasteiger partial charge in [-0.2, -0.15) is 5.10 Å². The first-order valence-corrected chi connectivity index (χ1v) is 7.82. The highest BCUT2D eigenvalue weighted by molar-refractivity contribution is 5.69. The number of aromatic nitrogens is 3. The van der Waals surface area contributed by atoms with E-state index in [4.69, 9.17) is 4.74 Å². The summed E-state index contributed by atoms with van der Waals surface area (Å²) in [5.74, 6) is 0.562. The molecule has 1 aromatic carbocycles. The normalized spacial score (nSPS) is 14.7. The summed E-state index contributed by atoms with van der Waals surface area (Å²) < 4.78 is 8.08. The Balaban J connectivity index is 1.94. The van der Waals surface area contributed by atoms with E-state index in [1.165, 1.54) is 4.68 Å². The topological polar surface area (TPSA) is 66.1 Å². The van der Waals surface area contributed by atoms with Gasteiger partial charge >= 0.3 is 11.7 Å². The molecule has 0 N–H and O–H groups in total. The average molecular weight is 315 g/mol. The summed E-state index contributed by atoms with van der Waals surface area (Å²) in [6.45, 7) is 5.22. The van der Waals surface area contributed by atoms with E-state index in [1.54, 1.807) is 25.3 Å². The Labute approximate surface area is 134 Å². The molecule has 6 nitrogen and oxygen atoms in total. The third kappa shape index (κ3) is 3.52. The average Bonchev–Trinajstić information content (AvgIpc) is 3.24. The fraction of sp³-hybridized carbons (Fsp3) is 0.471. The monoisotopic (exact) mass is 315 g/mol. The lowest BCUT2D eigenvalue weighted by Gasteiger charge is -2.19. The van der Waals surface area contributed by atoms with E-state index < -0.39 is 11.6 Å². The summed E-state index contributed by atoms with van der Waals surface area (Å²) >= 11 is 0. The van der Waals surface area contributed by atoms with Crippen LogP contribution in [-0.4, -0.2) is 25.9 Å². The van der Waals surface area contributed by atoms with Crippen molar-refractivity contribution in [1.82, 2.24) is 14.3 Å². The van der Waals surface area contributed by atoms with Gasteiger partial charge in [-0.05, 0) is 45.7 Å². The van der Waals surface area contributed by atoms with Gasteiger partial charge in [0.25, 0.3) is 0 Å². The van der Waals surface area contributed by atoms with Crippen molar-refractivity contribution in [3.05, 3.63) is 46.6 Å². The maximum Gasteiger partial charge on any atom is 0.351 e. The van der Waals surface area contributed by atoms with Crippen molar-refractivity contribution in [2.24, 2.45) is 0 Å². The zero-order chi connectivity index (χ0) is 16.6. The summed E-state index contributed by atoms with van der Waals surface area (Å²) in [7, 11) is 0. The van der Waals surface area contributed by atoms with E-state index in [-0.39, 0.29) is 12.2 Å². The molecule has 0 unspecified atom stereocenters. The van der Waals surface area contributed by atoms with Crippen LogP contribution >= 0.6 is 0 Å². The molecule has 0 aliphatic heterocycles. The second-order valence-corrected chi connectivity index (χ2v) is 6.83. The number of hydrogen-bond donors (Lipinski definition) is 0. The Bertz CT molecular complexity index is 765. The molecule has 23 heavy (non-hydrogen) atoms. The summed E-state index contributed by atoms with van der Waals surface area (Å²) in [4.78, 5) is 24.7. The Kier molecular flexibility index (Phi) is 3.83. The van der Waals surface area contributed by atoms with Crippen LogP contribution in [0.2, 0.25) is 0 Å². The zero-order valence-corrected chi connectivity index (χ0v) is 13.7. The SMILES string of the molecule is CC(C)(C)OC(=O)Cn1nc(C2CC2)n(-c2ccccc2)c1=O. The molecule has 2 aromatic rings. The molecule has 1 fully saturated rings. The first-order valence-electron chi connectivity index (χ1n) is 7.82. The van der Waals surface area contributed by atoms with E-state index in [9.17, 15) is 9.59 Å². The van der Waals surface area contributed by atoms with Crippen molar-refractivity contribution in [3.63, 3.8) is 0 Å². The minimum Gasteiger partial charge on any atom is -0.459 e. The highest BCUT2D eigenvalue weighted by Crippen LogP contribution is 2.39. The predicted octanol–water partition coefficient (Wildman–Crippen LogP) is 2.25. The molecule has 1 aromatic heterocycles. The smallest absolute Gasteiger partial charge is 0.351 e. The molecule has 1 aliphatic rings. The third-order valence-electron chi connectivity index (χ3n) is 3.52. The number of esters is 1. The number of benzene rings is 1. The molecule has 1 saturated carbocycles. The van der Waals surface area contributed by atoms with Crippen molar-refractivity contribution >= 4 is 5.97 Å². The molecule has 0 atom stereocenters. The van der Waals surface area contributed by atoms with Crippen LogP contribution in [-0.2, 0) is 16.1 Å². The second-order valence-electron chi connectivity index (χ2n) is 6.83. The van der Waals surface area contributed by atoms with Crippen LogP contribution < -0.4 is 5.69 Å². The molecule has 0 amide bonds. The molecule has 122 valence electrons. The minimum absolute atomic E-state index is 0.171. The standard InChI is InChI=1S/C17H21N3O3/c1-17(2,3)23-14(21)11-19-16(22)20(13-7-5-4-6-8-13)15(18-19)12-9-10-12/h4-8,12H,9-11H2,1-3H3. The molecule has 0 spiro atoms. The maximum absolute atomic E-state index is 12.7. The Morgan fingerprint density at radius 2 is 1.91 bits per heavy atom. The molecular formula is C17H21N3O3. The number of para-hydroxylation sites is 1. The van der Waals surface area contributed by atoms with Crippen LogP contribution in [0.3, 0.4) is 0 Å². The molecule has 3 rings (SSSR count). The molecule has 1 heterocycles. The van der Waals surface area contributed by atoms with Gasteiger partial charge in [-0.1, -0.05) is 18.2 Å². The highest BCUT2D eigenvalue weighted by atomic mass is 16.6. The number of carbonyl (C=O) groups excluding carboxylic acids is 1. The van der Waals surface area contributed by atoms with E-state index >= 15 is 0 Å². The van der Waals surface area contributed by atoms with Gasteiger partial charge in [-0.25, -0.2) is 14.0 Å². The lowest BCUT2D eigenvalue weighted by Crippen LogP contribution is -2.31. The maximum atomic E-state index is 12.7. The summed E-state index contributed by atoms with van der Waals surface area (Å²) in [5, 5.41) is 4.38. The van der Waals surface area contributed by atoms with Crippen LogP contribution in [0.5, 0.6) is 0 Å². The van der Waals surface area contributed by atoms with Crippen molar-refractivity contribution in [2.45, 2.75) is 51.7 Å². The fourth-order valence-electron chi connectivity index (χ4n) is 2.45. The van der Waals surface area contributed by atoms with Gasteiger partial charge in [0.05, 0.1) is 5.69 Å². The highest BCUT2D eigenvalue weighted by Gasteiger charge is 2.32. The van der Waals surface area contributed by atoms with Gasteiger partial charge in [-0.3, -0.25) is 4.79 Å². The second kappa shape index (κ2) is 5.68. The van der Waals surface area contributed by atoms with E-state index in [1.807, 2.05) is 30.3 Å². The van der Waals surface area contributed by atoms with Crippen molar-refractivity contribution < 1.29 is 9.53 Å². The van der Waals surface area contributed by atoms with Crippen molar-refractivity contribution in [2.75, 3.05) is 0 Å². The van der Waals surface area contributed by atoms with Crippen LogP contribution in [0.4, 0.5) is 0 Å². The lowest BCUT2D eigenvalue weighted by atomic mass is 10.2. The number of hydrogen-bond acceptors (Lipinski definition) is 4. The Hall–Kier alpha value is -2.37. The largest absolute Gasteiger partial charge is 0.459 e. The van der Waals surface area contributed by atoms with Gasteiger partial charge in [0, 0.05) is 5.92 Å². The van der Waals surface area contributed by atoms with Crippen LogP contribution in [0.25, 0.3) is 5.69 Å². The minimum atomic E-state index is -0.581. The quantitative estimate of drug-likeness (QED) is 0.812. The summed E-state index contributed by atoms with van der Waals surface area (Å²) in [6.07, 6.45) is 2.05. The van der Waals surface area contributed by atoms with Gasteiger partial charge in [0.15, 0.2) is 0 Å². The Morgan fingerprint density at radius 3 is 2.48 bits per heavy atom. The molecule has 0 radical (unpaired) electrons. The fourth-order valence-corrected chi connectivity index (χ4v) is 2.45. The molecule has 0 saturated heterocycles. The summed E-state index contributed by atoms with van der Waals surface area (Å²) in [6, 6.07) is 9.39. The van der Waals surface area contributed by atoms with Gasteiger partial charge in [-0.15, -0.1) is 0 Å². The van der Waals surface area contributed by atoms with Crippen molar-refractivity contribution in [3.8, 4) is 5.69 Å². The van der Waals surface area contributed by atoms with E-state index in [0.29, 0.717) is 5.92 Å². The summed E-state index contributed by atoms with van der Waals surface area (Å²) in [5.41, 5.74) is -0.110. The number of carbonyl (C=O) groups is 1. The number of nitrogens with zero attached hydrogens (tertiary/aromatic N) is 3. The van der Waals surface area contributed by atoms with Crippen molar-refractivity contribution in [1.29, 1.82) is 0 Å². The Morgan fingerprint density at radius 1 is 1.26 bits per heavy atom. The molecule has 0 bridgehead atoms. The van der Waals surface area contributed by atoms with Crippen LogP contribution in [0.1, 0.15) is 45.4 Å². The number of ether oxygens (including phenoxy) is 1. The van der Waals surface area contributed by atoms with Crippen LogP contribution in [0.15, 0.2) is 35.1 Å². The van der Waals surface area contributed by atoms with Gasteiger partial charge < -0.3 is 4.74 Å². The third-order valence-corrected chi connectivity index (χ3v) is 3.52. The first kappa shape index (κ1) is 15.5. The van der Waals surface area contributed by atoms with E-state index in [0.717, 1.165) is 24.4 Å². The van der Waals surface area contributed by atoms with Gasteiger partial charge in [0.2, 0.25) is 0 Å². The number of rotatable bonds is 4. The first-order chi connectivity index (χ1) is 10.8. The molecular weight excluding hydrogens is 294 g/mol. The van der Waals surface area contributed by atoms with E-state index in [2.05, 4.69) is 5.10 Å². The van der Waals surface area contributed by atoms with Gasteiger partial charge in [0.1, 0.15) is 18.0 Å². The molecule has 6 heteroatoms. The van der Waals surface area contributed by atoms with Crippen LogP contribution in [0, 0.1) is 0 Å². The zero-order valence-electron chi connectivity index (χ0n) is 13.7. The molecule has 1 aliphatic carbocycles. The predicted molar refractivity (Wildman–Crippen MR) is 85.6 cm³/mol. The lowest BCUT2D eigenvalue weighted by molar-refractivity contribution is -0.155.